The van der Waals surface area contributed by atoms with Gasteiger partial charge in [0.25, 0.3) is 0 Å². The van der Waals surface area contributed by atoms with Crippen molar-refractivity contribution in [2.24, 2.45) is 16.2 Å². The van der Waals surface area contributed by atoms with Crippen LogP contribution in [-0.4, -0.2) is 15.4 Å². The smallest absolute Gasteiger partial charge is 0.309 e. The Hall–Kier alpha value is 0.430. The van der Waals surface area contributed by atoms with Gasteiger partial charge in [0, 0.05) is 4.32 Å². The van der Waals surface area contributed by atoms with Crippen LogP contribution < -0.4 is 0 Å². The second-order valence-corrected chi connectivity index (χ2v) is 9.10. The molecular weight excluding hydrogens is 348 g/mol. The molecule has 2 nitrogen and oxygen atoms in total. The van der Waals surface area contributed by atoms with Crippen LogP contribution in [-0.2, 0) is 4.79 Å². The van der Waals surface area contributed by atoms with E-state index in [4.69, 9.17) is 0 Å². The summed E-state index contributed by atoms with van der Waals surface area (Å²) in [6, 6.07) is 0. The van der Waals surface area contributed by atoms with Gasteiger partial charge in [-0.1, -0.05) is 29.8 Å². The van der Waals surface area contributed by atoms with Crippen LogP contribution in [0.1, 0.15) is 52.4 Å². The van der Waals surface area contributed by atoms with Crippen molar-refractivity contribution in [1.82, 2.24) is 0 Å². The first-order valence-electron chi connectivity index (χ1n) is 6.11. The Kier molecular flexibility index (Phi) is 2.85. The molecule has 4 bridgehead atoms. The Bertz CT molecular complexity index is 326. The maximum Gasteiger partial charge on any atom is 0.309 e. The summed E-state index contributed by atoms with van der Waals surface area (Å²) in [5.74, 6) is -0.562. The molecule has 1 N–H and O–H groups in total. The fourth-order valence-electron chi connectivity index (χ4n) is 5.78. The third kappa shape index (κ3) is 1.90. The van der Waals surface area contributed by atoms with Crippen LogP contribution in [0.15, 0.2) is 0 Å². The Balaban J connectivity index is 0.00000108. The van der Waals surface area contributed by atoms with Gasteiger partial charge in [0.1, 0.15) is 0 Å². The average molecular weight is 368 g/mol. The van der Waals surface area contributed by atoms with E-state index in [1.165, 1.54) is 6.42 Å². The Labute approximate surface area is 121 Å². The third-order valence-electron chi connectivity index (χ3n) is 4.98. The van der Waals surface area contributed by atoms with E-state index in [1.54, 1.807) is 0 Å². The van der Waals surface area contributed by atoms with E-state index in [-0.39, 0.29) is 32.1 Å². The predicted octanol–water partition coefficient (Wildman–Crippen LogP) is 4.16. The zero-order valence-corrected chi connectivity index (χ0v) is 13.7. The van der Waals surface area contributed by atoms with Gasteiger partial charge in [-0.15, -0.1) is 17.0 Å². The van der Waals surface area contributed by atoms with Crippen LogP contribution in [0.5, 0.6) is 0 Å². The molecule has 2 unspecified atom stereocenters. The molecule has 0 aromatic carbocycles. The molecule has 0 aromatic heterocycles. The van der Waals surface area contributed by atoms with E-state index >= 15 is 0 Å². The van der Waals surface area contributed by atoms with Crippen molar-refractivity contribution in [2.45, 2.75) is 56.7 Å². The quantitative estimate of drug-likeness (QED) is 0.706. The van der Waals surface area contributed by atoms with Crippen molar-refractivity contribution in [3.8, 4) is 0 Å². The normalized spacial score (nSPS) is 55.5. The van der Waals surface area contributed by atoms with Gasteiger partial charge in [-0.3, -0.25) is 4.79 Å². The highest BCUT2D eigenvalue weighted by Gasteiger charge is 2.67. The fourth-order valence-corrected chi connectivity index (χ4v) is 7.67. The number of carbonyl (C=O) groups is 1. The molecule has 4 heteroatoms. The molecule has 17 heavy (non-hydrogen) atoms. The Morgan fingerprint density at radius 3 is 1.82 bits per heavy atom. The van der Waals surface area contributed by atoms with Crippen LogP contribution in [0, 0.1) is 16.2 Å². The highest BCUT2D eigenvalue weighted by molar-refractivity contribution is 9.10. The van der Waals surface area contributed by atoms with E-state index in [9.17, 15) is 9.90 Å². The third-order valence-corrected chi connectivity index (χ3v) is 5.82. The number of carboxylic acid groups (broad SMARTS) is 1. The maximum absolute atomic E-state index is 11.7. The lowest BCUT2D eigenvalue weighted by atomic mass is 9.40. The summed E-state index contributed by atoms with van der Waals surface area (Å²) in [6.45, 7) is 4.58. The number of carboxylic acids is 1. The van der Waals surface area contributed by atoms with Gasteiger partial charge >= 0.3 is 5.97 Å². The molecule has 0 radical (unpaired) electrons. The van der Waals surface area contributed by atoms with Crippen LogP contribution >= 0.6 is 32.9 Å². The van der Waals surface area contributed by atoms with Crippen molar-refractivity contribution in [2.75, 3.05) is 0 Å². The molecule has 0 heterocycles. The first-order valence-corrected chi connectivity index (χ1v) is 6.90. The monoisotopic (exact) mass is 366 g/mol. The van der Waals surface area contributed by atoms with E-state index in [0.29, 0.717) is 0 Å². The molecule has 4 fully saturated rings. The van der Waals surface area contributed by atoms with Crippen molar-refractivity contribution >= 4 is 38.9 Å². The molecule has 0 amide bonds. The van der Waals surface area contributed by atoms with Crippen molar-refractivity contribution < 1.29 is 9.90 Å². The summed E-state index contributed by atoms with van der Waals surface area (Å²) in [7, 11) is 0. The van der Waals surface area contributed by atoms with Gasteiger partial charge in [-0.25, -0.2) is 0 Å². The fraction of sp³-hybridized carbons (Fsp3) is 0.923. The number of hydrogen-bond acceptors (Lipinski definition) is 1. The SMILES string of the molecule is Br.CC12CC3(C)CC(Br)(C1)CC(C(=O)O)(C2)C3. The van der Waals surface area contributed by atoms with Gasteiger partial charge < -0.3 is 5.11 Å². The lowest BCUT2D eigenvalue weighted by molar-refractivity contribution is -0.180. The van der Waals surface area contributed by atoms with E-state index in [0.717, 1.165) is 32.1 Å². The van der Waals surface area contributed by atoms with Gasteiger partial charge in [-0.05, 0) is 49.4 Å². The molecule has 0 saturated heterocycles. The number of aliphatic carboxylic acids is 1. The number of hydrogen-bond donors (Lipinski definition) is 1. The highest BCUT2D eigenvalue weighted by atomic mass is 79.9. The number of alkyl halides is 1. The minimum atomic E-state index is -0.562. The minimum Gasteiger partial charge on any atom is -0.481 e. The van der Waals surface area contributed by atoms with E-state index in [2.05, 4.69) is 29.8 Å². The second-order valence-electron chi connectivity index (χ2n) is 7.42. The highest BCUT2D eigenvalue weighted by Crippen LogP contribution is 2.72. The Morgan fingerprint density at radius 1 is 1.00 bits per heavy atom. The summed E-state index contributed by atoms with van der Waals surface area (Å²) in [6.07, 6.45) is 6.13. The predicted molar refractivity (Wildman–Crippen MR) is 76.0 cm³/mol. The summed E-state index contributed by atoms with van der Waals surface area (Å²) in [4.78, 5) is 11.7. The van der Waals surface area contributed by atoms with E-state index in [1.807, 2.05) is 0 Å². The van der Waals surface area contributed by atoms with Gasteiger partial charge in [-0.2, -0.15) is 0 Å². The molecule has 0 spiro atoms. The molecule has 4 aliphatic rings. The molecular formula is C13H20Br2O2. The zero-order valence-electron chi connectivity index (χ0n) is 10.4. The summed E-state index contributed by atoms with van der Waals surface area (Å²) >= 11 is 3.87. The number of rotatable bonds is 1. The summed E-state index contributed by atoms with van der Waals surface area (Å²) in [5.41, 5.74) is 0.0402. The van der Waals surface area contributed by atoms with Crippen LogP contribution in [0.3, 0.4) is 0 Å². The average Bonchev–Trinajstić information content (AvgIpc) is 1.92. The molecule has 2 atom stereocenters. The van der Waals surface area contributed by atoms with Gasteiger partial charge in [0.15, 0.2) is 0 Å². The maximum atomic E-state index is 11.7. The van der Waals surface area contributed by atoms with E-state index < -0.39 is 11.4 Å². The lowest BCUT2D eigenvalue weighted by Crippen LogP contribution is -2.62. The molecule has 98 valence electrons. The summed E-state index contributed by atoms with van der Waals surface area (Å²) < 4.78 is 0.101. The first-order chi connectivity index (χ1) is 7.19. The summed E-state index contributed by atoms with van der Waals surface area (Å²) in [5, 5.41) is 9.60. The molecule has 4 rings (SSSR count). The van der Waals surface area contributed by atoms with Gasteiger partial charge in [0.05, 0.1) is 5.41 Å². The van der Waals surface area contributed by atoms with Crippen LogP contribution in [0.25, 0.3) is 0 Å². The van der Waals surface area contributed by atoms with Crippen LogP contribution in [0.2, 0.25) is 0 Å². The van der Waals surface area contributed by atoms with Crippen LogP contribution in [0.4, 0.5) is 0 Å². The van der Waals surface area contributed by atoms with Crippen molar-refractivity contribution in [1.29, 1.82) is 0 Å². The zero-order chi connectivity index (χ0) is 11.8. The molecule has 0 aliphatic heterocycles. The Morgan fingerprint density at radius 2 is 1.47 bits per heavy atom. The van der Waals surface area contributed by atoms with Gasteiger partial charge in [0.2, 0.25) is 0 Å². The van der Waals surface area contributed by atoms with Crippen molar-refractivity contribution in [3.63, 3.8) is 0 Å². The minimum absolute atomic E-state index is 0. The molecule has 4 saturated carbocycles. The second kappa shape index (κ2) is 3.50. The molecule has 0 aromatic rings. The lowest BCUT2D eigenvalue weighted by Gasteiger charge is -2.66. The first kappa shape index (κ1) is 13.9. The largest absolute Gasteiger partial charge is 0.481 e. The number of halogens is 2. The standard InChI is InChI=1S/C13H19BrO2.BrH/c1-10-3-11(2)5-12(4-10,9(15)16)8-13(14,6-10)7-11;/h3-8H2,1-2H3,(H,15,16);1H. The molecule has 4 aliphatic carbocycles. The topological polar surface area (TPSA) is 37.3 Å². The van der Waals surface area contributed by atoms with Crippen molar-refractivity contribution in [3.05, 3.63) is 0 Å².